The second kappa shape index (κ2) is 11.5. The molecule has 0 aromatic rings. The summed E-state index contributed by atoms with van der Waals surface area (Å²) in [6.45, 7) is 2.07. The smallest absolute Gasteiger partial charge is 0.327 e. The van der Waals surface area contributed by atoms with Crippen molar-refractivity contribution in [1.29, 1.82) is 0 Å². The summed E-state index contributed by atoms with van der Waals surface area (Å²) in [5, 5.41) is 19.2. The quantitative estimate of drug-likeness (QED) is 0.181. The molecule has 4 unspecified atom stereocenters. The third-order valence-corrected chi connectivity index (χ3v) is 4.60. The predicted molar refractivity (Wildman–Crippen MR) is 102 cm³/mol. The molecule has 28 heavy (non-hydrogen) atoms. The molecule has 12 heteroatoms. The Hall–Kier alpha value is -2.34. The van der Waals surface area contributed by atoms with Crippen LogP contribution < -0.4 is 27.0 Å². The van der Waals surface area contributed by atoms with Gasteiger partial charge in [-0.2, -0.15) is 12.6 Å². The molecular weight excluding hydrogens is 390 g/mol. The lowest BCUT2D eigenvalue weighted by atomic mass is 10.1. The molecule has 1 fully saturated rings. The third-order valence-electron chi connectivity index (χ3n) is 4.24. The van der Waals surface area contributed by atoms with Crippen molar-refractivity contribution in [3.8, 4) is 0 Å². The van der Waals surface area contributed by atoms with E-state index in [4.69, 9.17) is 10.8 Å². The molecular formula is C16H27N5O6S. The maximum atomic E-state index is 12.5. The van der Waals surface area contributed by atoms with Crippen LogP contribution in [0.5, 0.6) is 0 Å². The highest BCUT2D eigenvalue weighted by atomic mass is 32.1. The van der Waals surface area contributed by atoms with Crippen LogP contribution in [-0.4, -0.2) is 71.2 Å². The molecule has 1 heterocycles. The topological polar surface area (TPSA) is 180 Å². The van der Waals surface area contributed by atoms with Crippen LogP contribution in [0.1, 0.15) is 32.6 Å². The summed E-state index contributed by atoms with van der Waals surface area (Å²) >= 11 is 3.85. The van der Waals surface area contributed by atoms with Crippen LogP contribution in [0.3, 0.4) is 0 Å². The van der Waals surface area contributed by atoms with Gasteiger partial charge in [0, 0.05) is 12.2 Å². The Labute approximate surface area is 168 Å². The third kappa shape index (κ3) is 7.72. The van der Waals surface area contributed by atoms with Crippen molar-refractivity contribution in [3.05, 3.63) is 0 Å². The number of amides is 4. The Balaban J connectivity index is 2.69. The molecule has 11 nitrogen and oxygen atoms in total. The van der Waals surface area contributed by atoms with Gasteiger partial charge in [0.1, 0.15) is 18.1 Å². The number of carbonyl (C=O) groups excluding carboxylic acids is 4. The largest absolute Gasteiger partial charge is 0.480 e. The Morgan fingerprint density at radius 1 is 1.14 bits per heavy atom. The van der Waals surface area contributed by atoms with E-state index < -0.39 is 47.9 Å². The van der Waals surface area contributed by atoms with Crippen LogP contribution in [0.25, 0.3) is 0 Å². The first kappa shape index (κ1) is 23.7. The van der Waals surface area contributed by atoms with E-state index in [2.05, 4.69) is 33.9 Å². The van der Waals surface area contributed by atoms with E-state index in [-0.39, 0.29) is 24.5 Å². The first-order chi connectivity index (χ1) is 13.1. The van der Waals surface area contributed by atoms with Gasteiger partial charge in [-0.05, 0) is 32.7 Å². The Kier molecular flexibility index (Phi) is 9.73. The molecule has 4 atom stereocenters. The molecule has 0 saturated carbocycles. The van der Waals surface area contributed by atoms with Crippen molar-refractivity contribution in [2.24, 2.45) is 5.73 Å². The number of primary amides is 1. The Bertz CT molecular complexity index is 610. The highest BCUT2D eigenvalue weighted by Crippen LogP contribution is 2.07. The van der Waals surface area contributed by atoms with E-state index >= 15 is 0 Å². The predicted octanol–water partition coefficient (Wildman–Crippen LogP) is -2.51. The van der Waals surface area contributed by atoms with Crippen LogP contribution in [-0.2, 0) is 24.0 Å². The minimum absolute atomic E-state index is 0.0254. The first-order valence-electron chi connectivity index (χ1n) is 8.92. The van der Waals surface area contributed by atoms with Gasteiger partial charge in [-0.1, -0.05) is 0 Å². The Morgan fingerprint density at radius 3 is 2.32 bits per heavy atom. The van der Waals surface area contributed by atoms with Crippen molar-refractivity contribution in [3.63, 3.8) is 0 Å². The minimum atomic E-state index is -1.25. The van der Waals surface area contributed by atoms with E-state index in [0.717, 1.165) is 6.42 Å². The zero-order valence-corrected chi connectivity index (χ0v) is 16.5. The second-order valence-corrected chi connectivity index (χ2v) is 6.89. The lowest BCUT2D eigenvalue weighted by molar-refractivity contribution is -0.141. The molecule has 1 aliphatic heterocycles. The average Bonchev–Trinajstić information content (AvgIpc) is 3.16. The van der Waals surface area contributed by atoms with Gasteiger partial charge in [-0.15, -0.1) is 0 Å². The number of hydrogen-bond acceptors (Lipinski definition) is 7. The second-order valence-electron chi connectivity index (χ2n) is 6.53. The van der Waals surface area contributed by atoms with Crippen LogP contribution >= 0.6 is 12.6 Å². The van der Waals surface area contributed by atoms with Gasteiger partial charge < -0.3 is 32.1 Å². The number of carboxylic acids is 1. The van der Waals surface area contributed by atoms with Crippen LogP contribution in [0.4, 0.5) is 0 Å². The summed E-state index contributed by atoms with van der Waals surface area (Å²) in [4.78, 5) is 58.9. The molecule has 0 aliphatic carbocycles. The summed E-state index contributed by atoms with van der Waals surface area (Å²) in [6.07, 6.45) is 1.32. The minimum Gasteiger partial charge on any atom is -0.480 e. The lowest BCUT2D eigenvalue weighted by Gasteiger charge is -2.23. The van der Waals surface area contributed by atoms with E-state index in [1.165, 1.54) is 6.92 Å². The number of carbonyl (C=O) groups is 5. The van der Waals surface area contributed by atoms with Crippen molar-refractivity contribution in [2.45, 2.75) is 56.8 Å². The molecule has 0 spiro atoms. The molecule has 158 valence electrons. The van der Waals surface area contributed by atoms with Crippen molar-refractivity contribution in [1.82, 2.24) is 21.3 Å². The zero-order valence-electron chi connectivity index (χ0n) is 15.6. The number of carboxylic acid groups (broad SMARTS) is 1. The maximum Gasteiger partial charge on any atom is 0.327 e. The van der Waals surface area contributed by atoms with Gasteiger partial charge in [-0.25, -0.2) is 4.79 Å². The summed E-state index contributed by atoms with van der Waals surface area (Å²) in [5.41, 5.74) is 5.12. The number of nitrogens with two attached hydrogens (primary N) is 1. The molecule has 1 aliphatic rings. The lowest BCUT2D eigenvalue weighted by Crippen LogP contribution is -2.56. The highest BCUT2D eigenvalue weighted by molar-refractivity contribution is 7.80. The highest BCUT2D eigenvalue weighted by Gasteiger charge is 2.29. The van der Waals surface area contributed by atoms with Crippen LogP contribution in [0, 0.1) is 0 Å². The van der Waals surface area contributed by atoms with Crippen molar-refractivity contribution < 1.29 is 29.1 Å². The van der Waals surface area contributed by atoms with Gasteiger partial charge in [-0.3, -0.25) is 19.2 Å². The summed E-state index contributed by atoms with van der Waals surface area (Å²) < 4.78 is 0. The van der Waals surface area contributed by atoms with E-state index in [0.29, 0.717) is 13.0 Å². The fourth-order valence-electron chi connectivity index (χ4n) is 2.60. The van der Waals surface area contributed by atoms with Gasteiger partial charge in [0.25, 0.3) is 0 Å². The molecule has 0 aromatic carbocycles. The van der Waals surface area contributed by atoms with Crippen LogP contribution in [0.2, 0.25) is 0 Å². The van der Waals surface area contributed by atoms with Gasteiger partial charge >= 0.3 is 5.97 Å². The molecule has 0 aromatic heterocycles. The van der Waals surface area contributed by atoms with E-state index in [1.807, 2.05) is 0 Å². The normalized spacial score (nSPS) is 19.1. The monoisotopic (exact) mass is 417 g/mol. The molecule has 0 bridgehead atoms. The number of thiol groups is 1. The SMILES string of the molecule is CC(NC(=O)C(CCC(N)=O)NC(=O)C1CCCN1)C(=O)NC(CS)C(=O)O. The zero-order chi connectivity index (χ0) is 21.3. The number of nitrogens with one attached hydrogen (secondary N) is 4. The molecule has 0 radical (unpaired) electrons. The summed E-state index contributed by atoms with van der Waals surface area (Å²) in [5.74, 6) is -3.76. The fraction of sp³-hybridized carbons (Fsp3) is 0.688. The first-order valence-corrected chi connectivity index (χ1v) is 9.55. The Morgan fingerprint density at radius 2 is 1.82 bits per heavy atom. The number of aliphatic carboxylic acids is 1. The molecule has 1 rings (SSSR count). The van der Waals surface area contributed by atoms with Crippen LogP contribution in [0.15, 0.2) is 0 Å². The molecule has 7 N–H and O–H groups in total. The molecule has 1 saturated heterocycles. The summed E-state index contributed by atoms with van der Waals surface area (Å²) in [7, 11) is 0. The van der Waals surface area contributed by atoms with Crippen molar-refractivity contribution in [2.75, 3.05) is 12.3 Å². The molecule has 4 amide bonds. The van der Waals surface area contributed by atoms with Gasteiger partial charge in [0.2, 0.25) is 23.6 Å². The number of hydrogen-bond donors (Lipinski definition) is 7. The average molecular weight is 417 g/mol. The summed E-state index contributed by atoms with van der Waals surface area (Å²) in [6, 6.07) is -3.74. The maximum absolute atomic E-state index is 12.5. The standard InChI is InChI=1S/C16H27N5O6S/c1-8(13(23)21-11(7-28)16(26)27)19-15(25)10(4-5-12(17)22)20-14(24)9-3-2-6-18-9/h8-11,18,28H,2-7H2,1H3,(H2,17,22)(H,19,25)(H,20,24)(H,21,23)(H,26,27). The fourth-order valence-corrected chi connectivity index (χ4v) is 2.85. The van der Waals surface area contributed by atoms with Gasteiger partial charge in [0.05, 0.1) is 6.04 Å². The van der Waals surface area contributed by atoms with E-state index in [1.54, 1.807) is 0 Å². The van der Waals surface area contributed by atoms with Crippen molar-refractivity contribution >= 4 is 42.2 Å². The van der Waals surface area contributed by atoms with E-state index in [9.17, 15) is 24.0 Å². The number of rotatable bonds is 11. The van der Waals surface area contributed by atoms with Gasteiger partial charge in [0.15, 0.2) is 0 Å².